The second-order valence-corrected chi connectivity index (χ2v) is 5.62. The zero-order valence-electron chi connectivity index (χ0n) is 9.70. The lowest BCUT2D eigenvalue weighted by atomic mass is 10.2. The lowest BCUT2D eigenvalue weighted by Gasteiger charge is -2.07. The lowest BCUT2D eigenvalue weighted by molar-refractivity contribution is -0.113. The molecule has 3 nitrogen and oxygen atoms in total. The molecule has 0 saturated carbocycles. The van der Waals surface area contributed by atoms with Crippen LogP contribution in [0.2, 0.25) is 0 Å². The van der Waals surface area contributed by atoms with Gasteiger partial charge in [0.1, 0.15) is 0 Å². The number of carbonyl (C=O) groups excluding carboxylic acids is 1. The zero-order valence-corrected chi connectivity index (χ0v) is 12.1. The molecule has 0 spiro atoms. The first-order valence-electron chi connectivity index (χ1n) is 5.38. The van der Waals surface area contributed by atoms with E-state index >= 15 is 0 Å². The Kier molecular flexibility index (Phi) is 6.62. The van der Waals surface area contributed by atoms with E-state index in [2.05, 4.69) is 21.2 Å². The molecule has 0 saturated heterocycles. The van der Waals surface area contributed by atoms with Gasteiger partial charge in [0.15, 0.2) is 0 Å². The van der Waals surface area contributed by atoms with E-state index in [1.807, 2.05) is 25.1 Å². The van der Waals surface area contributed by atoms with Crippen molar-refractivity contribution in [3.8, 4) is 0 Å². The van der Waals surface area contributed by atoms with Gasteiger partial charge < -0.3 is 10.4 Å². The summed E-state index contributed by atoms with van der Waals surface area (Å²) in [7, 11) is 0. The third-order valence-corrected chi connectivity index (χ3v) is 3.78. The van der Waals surface area contributed by atoms with Crippen LogP contribution in [0.15, 0.2) is 22.7 Å². The molecule has 1 amide bonds. The van der Waals surface area contributed by atoms with Crippen LogP contribution in [0.4, 0.5) is 5.69 Å². The maximum atomic E-state index is 11.6. The molecule has 1 rings (SSSR count). The van der Waals surface area contributed by atoms with Gasteiger partial charge in [-0.1, -0.05) is 6.07 Å². The fraction of sp³-hybridized carbons (Fsp3) is 0.417. The third kappa shape index (κ3) is 5.57. The molecule has 1 aromatic carbocycles. The lowest BCUT2D eigenvalue weighted by Crippen LogP contribution is -2.14. The van der Waals surface area contributed by atoms with Crippen LogP contribution in [0.25, 0.3) is 0 Å². The minimum absolute atomic E-state index is 0.0162. The number of amides is 1. The van der Waals surface area contributed by atoms with Crippen LogP contribution in [0.1, 0.15) is 12.0 Å². The van der Waals surface area contributed by atoms with Crippen molar-refractivity contribution < 1.29 is 9.90 Å². The minimum Gasteiger partial charge on any atom is -0.396 e. The van der Waals surface area contributed by atoms with Gasteiger partial charge in [-0.3, -0.25) is 4.79 Å². The third-order valence-electron chi connectivity index (χ3n) is 2.08. The maximum absolute atomic E-state index is 11.6. The predicted molar refractivity (Wildman–Crippen MR) is 76.5 cm³/mol. The van der Waals surface area contributed by atoms with Crippen molar-refractivity contribution in [3.63, 3.8) is 0 Å². The Morgan fingerprint density at radius 1 is 1.53 bits per heavy atom. The van der Waals surface area contributed by atoms with Gasteiger partial charge in [-0.25, -0.2) is 0 Å². The number of aliphatic hydroxyl groups is 1. The smallest absolute Gasteiger partial charge is 0.234 e. The summed E-state index contributed by atoms with van der Waals surface area (Å²) in [6, 6.07) is 5.81. The fourth-order valence-corrected chi connectivity index (χ4v) is 2.57. The van der Waals surface area contributed by atoms with Crippen molar-refractivity contribution >= 4 is 39.3 Å². The number of hydrogen-bond acceptors (Lipinski definition) is 3. The van der Waals surface area contributed by atoms with Crippen molar-refractivity contribution in [1.29, 1.82) is 0 Å². The van der Waals surface area contributed by atoms with Crippen molar-refractivity contribution in [2.75, 3.05) is 23.4 Å². The summed E-state index contributed by atoms with van der Waals surface area (Å²) in [6.45, 7) is 2.18. The SMILES string of the molecule is Cc1ccc(NC(=O)CSCCCO)c(Br)c1. The molecule has 0 aliphatic carbocycles. The molecular formula is C12H16BrNO2S. The molecule has 17 heavy (non-hydrogen) atoms. The molecule has 0 aliphatic rings. The van der Waals surface area contributed by atoms with E-state index in [-0.39, 0.29) is 12.5 Å². The number of halogens is 1. The van der Waals surface area contributed by atoms with Crippen LogP contribution in [0.3, 0.4) is 0 Å². The molecule has 0 heterocycles. The van der Waals surface area contributed by atoms with Crippen LogP contribution in [0.5, 0.6) is 0 Å². The van der Waals surface area contributed by atoms with Gasteiger partial charge in [-0.05, 0) is 52.7 Å². The Morgan fingerprint density at radius 3 is 2.94 bits per heavy atom. The molecule has 0 aromatic heterocycles. The van der Waals surface area contributed by atoms with Gasteiger partial charge in [0.2, 0.25) is 5.91 Å². The van der Waals surface area contributed by atoms with Gasteiger partial charge in [0, 0.05) is 11.1 Å². The van der Waals surface area contributed by atoms with E-state index in [4.69, 9.17) is 5.11 Å². The quantitative estimate of drug-likeness (QED) is 0.793. The summed E-state index contributed by atoms with van der Waals surface area (Å²) in [5.74, 6) is 1.21. The first-order valence-corrected chi connectivity index (χ1v) is 7.33. The average molecular weight is 318 g/mol. The largest absolute Gasteiger partial charge is 0.396 e. The maximum Gasteiger partial charge on any atom is 0.234 e. The summed E-state index contributed by atoms with van der Waals surface area (Å²) < 4.78 is 0.895. The van der Waals surface area contributed by atoms with Crippen LogP contribution in [-0.4, -0.2) is 29.1 Å². The number of aryl methyl sites for hydroxylation is 1. The number of benzene rings is 1. The summed E-state index contributed by atoms with van der Waals surface area (Å²) in [5, 5.41) is 11.5. The molecule has 2 N–H and O–H groups in total. The highest BCUT2D eigenvalue weighted by Gasteiger charge is 2.05. The Labute approximate surface area is 114 Å². The highest BCUT2D eigenvalue weighted by molar-refractivity contribution is 9.10. The summed E-state index contributed by atoms with van der Waals surface area (Å²) in [6.07, 6.45) is 0.728. The summed E-state index contributed by atoms with van der Waals surface area (Å²) in [4.78, 5) is 11.6. The second kappa shape index (κ2) is 7.74. The highest BCUT2D eigenvalue weighted by atomic mass is 79.9. The Hall–Kier alpha value is -0.520. The number of aliphatic hydroxyl groups excluding tert-OH is 1. The molecular weight excluding hydrogens is 302 g/mol. The van der Waals surface area contributed by atoms with E-state index in [0.717, 1.165) is 27.9 Å². The first-order chi connectivity index (χ1) is 8.13. The monoisotopic (exact) mass is 317 g/mol. The van der Waals surface area contributed by atoms with Gasteiger partial charge in [-0.15, -0.1) is 0 Å². The minimum atomic E-state index is -0.0162. The number of anilines is 1. The molecule has 0 bridgehead atoms. The number of thioether (sulfide) groups is 1. The molecule has 0 atom stereocenters. The van der Waals surface area contributed by atoms with Crippen LogP contribution in [0, 0.1) is 6.92 Å². The predicted octanol–water partition coefficient (Wildman–Crippen LogP) is 2.81. The zero-order chi connectivity index (χ0) is 12.7. The normalized spacial score (nSPS) is 10.3. The summed E-state index contributed by atoms with van der Waals surface area (Å²) in [5.41, 5.74) is 1.94. The van der Waals surface area contributed by atoms with E-state index in [1.54, 1.807) is 0 Å². The van der Waals surface area contributed by atoms with Gasteiger partial charge in [-0.2, -0.15) is 11.8 Å². The van der Waals surface area contributed by atoms with E-state index in [1.165, 1.54) is 11.8 Å². The average Bonchev–Trinajstić information content (AvgIpc) is 2.28. The van der Waals surface area contributed by atoms with Gasteiger partial charge in [0.05, 0.1) is 11.4 Å². The summed E-state index contributed by atoms with van der Waals surface area (Å²) >= 11 is 4.94. The van der Waals surface area contributed by atoms with Crippen LogP contribution < -0.4 is 5.32 Å². The fourth-order valence-electron chi connectivity index (χ4n) is 1.24. The topological polar surface area (TPSA) is 49.3 Å². The Balaban J connectivity index is 2.40. The van der Waals surface area contributed by atoms with Crippen molar-refractivity contribution in [2.24, 2.45) is 0 Å². The number of nitrogens with one attached hydrogen (secondary N) is 1. The Morgan fingerprint density at radius 2 is 2.29 bits per heavy atom. The van der Waals surface area contributed by atoms with Gasteiger partial charge >= 0.3 is 0 Å². The van der Waals surface area contributed by atoms with E-state index < -0.39 is 0 Å². The van der Waals surface area contributed by atoms with Crippen molar-refractivity contribution in [2.45, 2.75) is 13.3 Å². The highest BCUT2D eigenvalue weighted by Crippen LogP contribution is 2.23. The molecule has 0 aliphatic heterocycles. The first kappa shape index (κ1) is 14.5. The van der Waals surface area contributed by atoms with Gasteiger partial charge in [0.25, 0.3) is 0 Å². The number of rotatable bonds is 6. The molecule has 5 heteroatoms. The van der Waals surface area contributed by atoms with Crippen molar-refractivity contribution in [3.05, 3.63) is 28.2 Å². The molecule has 0 fully saturated rings. The second-order valence-electron chi connectivity index (χ2n) is 3.66. The molecule has 1 aromatic rings. The van der Waals surface area contributed by atoms with E-state index in [9.17, 15) is 4.79 Å². The number of carbonyl (C=O) groups is 1. The molecule has 94 valence electrons. The standard InChI is InChI=1S/C12H16BrNO2S/c1-9-3-4-11(10(13)7-9)14-12(16)8-17-6-2-5-15/h3-4,7,15H,2,5-6,8H2,1H3,(H,14,16). The van der Waals surface area contributed by atoms with E-state index in [0.29, 0.717) is 5.75 Å². The van der Waals surface area contributed by atoms with Crippen LogP contribution >= 0.6 is 27.7 Å². The number of hydrogen-bond donors (Lipinski definition) is 2. The molecule has 0 radical (unpaired) electrons. The van der Waals surface area contributed by atoms with Crippen LogP contribution in [-0.2, 0) is 4.79 Å². The van der Waals surface area contributed by atoms with Crippen molar-refractivity contribution in [1.82, 2.24) is 0 Å². The molecule has 0 unspecified atom stereocenters. The Bertz CT molecular complexity index is 385.